The molecule has 1 aliphatic carbocycles. The first-order valence-corrected chi connectivity index (χ1v) is 5.11. The van der Waals surface area contributed by atoms with E-state index in [0.717, 1.165) is 12.8 Å². The molecule has 0 spiro atoms. The predicted molar refractivity (Wildman–Crippen MR) is 53.9 cm³/mol. The topological polar surface area (TPSA) is 110 Å². The van der Waals surface area contributed by atoms with Crippen molar-refractivity contribution in [2.24, 2.45) is 0 Å². The van der Waals surface area contributed by atoms with Crippen LogP contribution in [-0.4, -0.2) is 64.1 Å². The van der Waals surface area contributed by atoms with E-state index in [1.807, 2.05) is 0 Å². The van der Waals surface area contributed by atoms with Gasteiger partial charge in [-0.3, -0.25) is 0 Å². The van der Waals surface area contributed by atoms with Gasteiger partial charge in [-0.1, -0.05) is 0 Å². The number of carbonyl (C=O) groups excluding carboxylic acids is 1. The molecular weight excluding hydrogens is 216 g/mol. The third-order valence-electron chi connectivity index (χ3n) is 2.37. The third-order valence-corrected chi connectivity index (χ3v) is 2.37. The van der Waals surface area contributed by atoms with E-state index in [0.29, 0.717) is 0 Å². The predicted octanol–water partition coefficient (Wildman–Crippen LogP) is -1.40. The van der Waals surface area contributed by atoms with Crippen LogP contribution in [0.25, 0.3) is 0 Å². The van der Waals surface area contributed by atoms with Crippen LogP contribution in [0.2, 0.25) is 0 Å². The molecular formula is C9H16N2O5. The molecule has 0 aromatic rings. The van der Waals surface area contributed by atoms with Crippen molar-refractivity contribution in [2.45, 2.75) is 24.9 Å². The Labute approximate surface area is 92.7 Å². The van der Waals surface area contributed by atoms with Gasteiger partial charge in [-0.2, -0.15) is 0 Å². The van der Waals surface area contributed by atoms with E-state index >= 15 is 0 Å². The van der Waals surface area contributed by atoms with Crippen LogP contribution < -0.4 is 5.32 Å². The maximum Gasteiger partial charge on any atom is 0.328 e. The fraction of sp³-hybridized carbons (Fsp3) is 0.778. The van der Waals surface area contributed by atoms with Crippen molar-refractivity contribution in [3.8, 4) is 0 Å². The van der Waals surface area contributed by atoms with E-state index < -0.39 is 24.6 Å². The number of amides is 2. The molecule has 4 N–H and O–H groups in total. The third kappa shape index (κ3) is 3.35. The van der Waals surface area contributed by atoms with Crippen molar-refractivity contribution < 1.29 is 24.9 Å². The lowest BCUT2D eigenvalue weighted by Gasteiger charge is -2.23. The van der Waals surface area contributed by atoms with E-state index in [9.17, 15) is 9.59 Å². The molecule has 1 fully saturated rings. The number of nitrogens with one attached hydrogen (secondary N) is 1. The molecule has 0 aliphatic heterocycles. The number of hydrogen-bond donors (Lipinski definition) is 4. The lowest BCUT2D eigenvalue weighted by molar-refractivity contribution is -0.140. The lowest BCUT2D eigenvalue weighted by atomic mass is 10.3. The van der Waals surface area contributed by atoms with Gasteiger partial charge in [0.15, 0.2) is 6.04 Å². The monoisotopic (exact) mass is 232 g/mol. The maximum atomic E-state index is 11.6. The molecule has 1 atom stereocenters. The Kier molecular flexibility index (Phi) is 4.51. The molecule has 92 valence electrons. The Hall–Kier alpha value is -1.34. The molecule has 0 aromatic heterocycles. The molecule has 0 heterocycles. The zero-order valence-corrected chi connectivity index (χ0v) is 8.80. The zero-order valence-electron chi connectivity index (χ0n) is 8.80. The summed E-state index contributed by atoms with van der Waals surface area (Å²) in [6.45, 7) is -0.645. The highest BCUT2D eigenvalue weighted by molar-refractivity contribution is 5.83. The molecule has 1 aliphatic rings. The van der Waals surface area contributed by atoms with Crippen LogP contribution in [0.3, 0.4) is 0 Å². The first kappa shape index (κ1) is 12.7. The van der Waals surface area contributed by atoms with E-state index in [4.69, 9.17) is 15.3 Å². The van der Waals surface area contributed by atoms with Crippen LogP contribution in [0.4, 0.5) is 4.79 Å². The van der Waals surface area contributed by atoms with Crippen LogP contribution in [0.1, 0.15) is 12.8 Å². The lowest BCUT2D eigenvalue weighted by Crippen LogP contribution is -2.50. The van der Waals surface area contributed by atoms with Crippen LogP contribution in [0.5, 0.6) is 0 Å². The van der Waals surface area contributed by atoms with Gasteiger partial charge in [-0.05, 0) is 12.8 Å². The number of aliphatic carboxylic acids is 1. The number of urea groups is 1. The minimum Gasteiger partial charge on any atom is -0.480 e. The molecule has 0 aromatic carbocycles. The summed E-state index contributed by atoms with van der Waals surface area (Å²) in [5.74, 6) is -1.28. The average Bonchev–Trinajstić information content (AvgIpc) is 3.05. The van der Waals surface area contributed by atoms with Gasteiger partial charge in [0.2, 0.25) is 0 Å². The molecule has 1 rings (SSSR count). The second-order valence-corrected chi connectivity index (χ2v) is 3.67. The number of rotatable bonds is 6. The Bertz CT molecular complexity index is 267. The number of carbonyl (C=O) groups is 2. The Morgan fingerprint density at radius 2 is 2.00 bits per heavy atom. The summed E-state index contributed by atoms with van der Waals surface area (Å²) in [4.78, 5) is 23.6. The standard InChI is InChI=1S/C9H16N2O5/c12-4-3-11(6-1-2-6)9(16)10-7(5-13)8(14)15/h6-7,12-13H,1-5H2,(H,10,16)(H,14,15). The second kappa shape index (κ2) is 5.66. The second-order valence-electron chi connectivity index (χ2n) is 3.67. The first-order chi connectivity index (χ1) is 7.60. The van der Waals surface area contributed by atoms with Crippen molar-refractivity contribution in [3.63, 3.8) is 0 Å². The summed E-state index contributed by atoms with van der Waals surface area (Å²) < 4.78 is 0. The van der Waals surface area contributed by atoms with Gasteiger partial charge in [0.1, 0.15) is 0 Å². The molecule has 2 amide bonds. The van der Waals surface area contributed by atoms with Gasteiger partial charge in [-0.25, -0.2) is 9.59 Å². The normalized spacial score (nSPS) is 16.6. The van der Waals surface area contributed by atoms with Crippen LogP contribution in [0.15, 0.2) is 0 Å². The zero-order chi connectivity index (χ0) is 12.1. The molecule has 0 radical (unpaired) electrons. The highest BCUT2D eigenvalue weighted by Gasteiger charge is 2.33. The SMILES string of the molecule is O=C(O)C(CO)NC(=O)N(CCO)C1CC1. The van der Waals surface area contributed by atoms with E-state index in [1.54, 1.807) is 0 Å². The molecule has 7 nitrogen and oxygen atoms in total. The number of nitrogens with zero attached hydrogens (tertiary/aromatic N) is 1. The molecule has 1 saturated carbocycles. The summed E-state index contributed by atoms with van der Waals surface area (Å²) in [7, 11) is 0. The van der Waals surface area contributed by atoms with Crippen molar-refractivity contribution in [1.82, 2.24) is 10.2 Å². The molecule has 1 unspecified atom stereocenters. The van der Waals surface area contributed by atoms with Crippen LogP contribution in [0, 0.1) is 0 Å². The van der Waals surface area contributed by atoms with Crippen LogP contribution >= 0.6 is 0 Å². The highest BCUT2D eigenvalue weighted by Crippen LogP contribution is 2.26. The maximum absolute atomic E-state index is 11.6. The average molecular weight is 232 g/mol. The number of aliphatic hydroxyl groups excluding tert-OH is 2. The summed E-state index contributed by atoms with van der Waals surface area (Å²) >= 11 is 0. The smallest absolute Gasteiger partial charge is 0.328 e. The van der Waals surface area contributed by atoms with Gasteiger partial charge in [0.25, 0.3) is 0 Å². The Balaban J connectivity index is 2.50. The number of aliphatic hydroxyl groups is 2. The van der Waals surface area contributed by atoms with Gasteiger partial charge >= 0.3 is 12.0 Å². The molecule has 0 saturated heterocycles. The van der Waals surface area contributed by atoms with Crippen molar-refractivity contribution in [2.75, 3.05) is 19.8 Å². The van der Waals surface area contributed by atoms with Crippen molar-refractivity contribution >= 4 is 12.0 Å². The van der Waals surface area contributed by atoms with E-state index in [1.165, 1.54) is 4.90 Å². The Morgan fingerprint density at radius 1 is 1.38 bits per heavy atom. The highest BCUT2D eigenvalue weighted by atomic mass is 16.4. The van der Waals surface area contributed by atoms with Gasteiger partial charge in [0, 0.05) is 12.6 Å². The minimum atomic E-state index is -1.30. The number of carboxylic acids is 1. The molecule has 0 bridgehead atoms. The first-order valence-electron chi connectivity index (χ1n) is 5.11. The summed E-state index contributed by atoms with van der Waals surface area (Å²) in [5.41, 5.74) is 0. The van der Waals surface area contributed by atoms with Crippen molar-refractivity contribution in [1.29, 1.82) is 0 Å². The number of carboxylic acid groups (broad SMARTS) is 1. The van der Waals surface area contributed by atoms with Gasteiger partial charge in [-0.15, -0.1) is 0 Å². The van der Waals surface area contributed by atoms with Crippen molar-refractivity contribution in [3.05, 3.63) is 0 Å². The van der Waals surface area contributed by atoms with Crippen LogP contribution in [-0.2, 0) is 4.79 Å². The minimum absolute atomic E-state index is 0.0836. The quantitative estimate of drug-likeness (QED) is 0.450. The van der Waals surface area contributed by atoms with Gasteiger partial charge < -0.3 is 25.5 Å². The summed E-state index contributed by atoms with van der Waals surface area (Å²) in [5, 5.41) is 28.4. The summed E-state index contributed by atoms with van der Waals surface area (Å²) in [6, 6.07) is -1.77. The Morgan fingerprint density at radius 3 is 2.38 bits per heavy atom. The fourth-order valence-electron chi connectivity index (χ4n) is 1.36. The van der Waals surface area contributed by atoms with E-state index in [2.05, 4.69) is 5.32 Å². The largest absolute Gasteiger partial charge is 0.480 e. The molecule has 7 heteroatoms. The molecule has 16 heavy (non-hydrogen) atoms. The number of hydrogen-bond acceptors (Lipinski definition) is 4. The van der Waals surface area contributed by atoms with Gasteiger partial charge in [0.05, 0.1) is 13.2 Å². The van der Waals surface area contributed by atoms with E-state index in [-0.39, 0.29) is 19.2 Å². The summed E-state index contributed by atoms with van der Waals surface area (Å²) in [6.07, 6.45) is 1.73. The fourth-order valence-corrected chi connectivity index (χ4v) is 1.36.